The summed E-state index contributed by atoms with van der Waals surface area (Å²) >= 11 is 5.83. The fourth-order valence-electron chi connectivity index (χ4n) is 2.29. The second-order valence-corrected chi connectivity index (χ2v) is 5.14. The van der Waals surface area contributed by atoms with E-state index in [1.807, 2.05) is 24.3 Å². The summed E-state index contributed by atoms with van der Waals surface area (Å²) in [6.07, 6.45) is 1.54. The third-order valence-electron chi connectivity index (χ3n) is 3.24. The zero-order valence-corrected chi connectivity index (χ0v) is 12.0. The van der Waals surface area contributed by atoms with Gasteiger partial charge in [0.25, 0.3) is 0 Å². The number of carbonyl (C=O) groups is 1. The van der Waals surface area contributed by atoms with Crippen LogP contribution in [0, 0.1) is 0 Å². The number of rotatable bonds is 3. The molecule has 0 saturated carbocycles. The van der Waals surface area contributed by atoms with Gasteiger partial charge in [-0.15, -0.1) is 0 Å². The van der Waals surface area contributed by atoms with Crippen molar-refractivity contribution >= 4 is 40.6 Å². The molecule has 108 valence electrons. The van der Waals surface area contributed by atoms with Crippen LogP contribution in [0.3, 0.4) is 0 Å². The number of anilines is 4. The predicted molar refractivity (Wildman–Crippen MR) is 82.8 cm³/mol. The van der Waals surface area contributed by atoms with Gasteiger partial charge in [0.15, 0.2) is 0 Å². The third-order valence-corrected chi connectivity index (χ3v) is 3.43. The summed E-state index contributed by atoms with van der Waals surface area (Å²) in [7, 11) is 0. The number of hydrogen-bond acceptors (Lipinski definition) is 5. The molecule has 0 spiro atoms. The molecular weight excluding hydrogens is 290 g/mol. The van der Waals surface area contributed by atoms with Crippen molar-refractivity contribution in [3.05, 3.63) is 35.5 Å². The average molecular weight is 304 g/mol. The topological polar surface area (TPSA) is 84.1 Å². The molecule has 1 aliphatic heterocycles. The zero-order valence-electron chi connectivity index (χ0n) is 11.2. The number of nitrogen functional groups attached to an aromatic ring is 1. The standard InChI is InChI=1S/C14H14ClN5O/c15-11-8-12(19-14(16)18-11)17-9-3-5-10(6-4-9)20-7-1-2-13(20)21/h3-6,8H,1-2,7H2,(H3,16,17,18,19). The van der Waals surface area contributed by atoms with Crippen molar-refractivity contribution in [2.75, 3.05) is 22.5 Å². The molecule has 1 saturated heterocycles. The van der Waals surface area contributed by atoms with E-state index in [0.717, 1.165) is 24.3 Å². The smallest absolute Gasteiger partial charge is 0.227 e. The van der Waals surface area contributed by atoms with Gasteiger partial charge in [0.1, 0.15) is 11.0 Å². The highest BCUT2D eigenvalue weighted by Gasteiger charge is 2.21. The van der Waals surface area contributed by atoms with Crippen LogP contribution in [-0.4, -0.2) is 22.4 Å². The normalized spacial score (nSPS) is 14.5. The fraction of sp³-hybridized carbons (Fsp3) is 0.214. The molecule has 3 N–H and O–H groups in total. The highest BCUT2D eigenvalue weighted by atomic mass is 35.5. The summed E-state index contributed by atoms with van der Waals surface area (Å²) in [5, 5.41) is 3.38. The van der Waals surface area contributed by atoms with Gasteiger partial charge in [0, 0.05) is 30.4 Å². The number of benzene rings is 1. The van der Waals surface area contributed by atoms with Gasteiger partial charge in [0.2, 0.25) is 11.9 Å². The molecule has 6 nitrogen and oxygen atoms in total. The van der Waals surface area contributed by atoms with Crippen LogP contribution in [0.2, 0.25) is 5.15 Å². The van der Waals surface area contributed by atoms with E-state index in [4.69, 9.17) is 17.3 Å². The minimum atomic E-state index is 0.115. The summed E-state index contributed by atoms with van der Waals surface area (Å²) in [6.45, 7) is 0.781. The summed E-state index contributed by atoms with van der Waals surface area (Å²) < 4.78 is 0. The Bertz CT molecular complexity index is 653. The van der Waals surface area contributed by atoms with E-state index in [2.05, 4.69) is 15.3 Å². The van der Waals surface area contributed by atoms with E-state index in [0.29, 0.717) is 12.2 Å². The molecule has 21 heavy (non-hydrogen) atoms. The predicted octanol–water partition coefficient (Wildman–Crippen LogP) is 2.58. The molecule has 3 rings (SSSR count). The highest BCUT2D eigenvalue weighted by Crippen LogP contribution is 2.24. The third kappa shape index (κ3) is 3.05. The van der Waals surface area contributed by atoms with Gasteiger partial charge in [0.05, 0.1) is 0 Å². The Balaban J connectivity index is 1.76. The molecular formula is C14H14ClN5O. The maximum Gasteiger partial charge on any atom is 0.227 e. The van der Waals surface area contributed by atoms with Gasteiger partial charge in [-0.1, -0.05) is 11.6 Å². The molecule has 0 radical (unpaired) electrons. The van der Waals surface area contributed by atoms with E-state index < -0.39 is 0 Å². The first kappa shape index (κ1) is 13.6. The van der Waals surface area contributed by atoms with Gasteiger partial charge >= 0.3 is 0 Å². The molecule has 0 bridgehead atoms. The SMILES string of the molecule is Nc1nc(Cl)cc(Nc2ccc(N3CCCC3=O)cc2)n1. The number of nitrogens with two attached hydrogens (primary N) is 1. The molecule has 2 aromatic rings. The molecule has 1 amide bonds. The molecule has 1 fully saturated rings. The van der Waals surface area contributed by atoms with Crippen LogP contribution in [0.4, 0.5) is 23.1 Å². The van der Waals surface area contributed by atoms with Crippen LogP contribution in [0.25, 0.3) is 0 Å². The van der Waals surface area contributed by atoms with Gasteiger partial charge in [-0.3, -0.25) is 4.79 Å². The lowest BCUT2D eigenvalue weighted by Gasteiger charge is -2.16. The number of nitrogens with one attached hydrogen (secondary N) is 1. The van der Waals surface area contributed by atoms with Crippen molar-refractivity contribution in [3.8, 4) is 0 Å². The Hall–Kier alpha value is -2.34. The van der Waals surface area contributed by atoms with Crippen molar-refractivity contribution in [2.45, 2.75) is 12.8 Å². The van der Waals surface area contributed by atoms with Gasteiger partial charge < -0.3 is 16.0 Å². The number of aromatic nitrogens is 2. The number of amides is 1. The Morgan fingerprint density at radius 1 is 1.24 bits per heavy atom. The van der Waals surface area contributed by atoms with Crippen molar-refractivity contribution in [1.29, 1.82) is 0 Å². The molecule has 0 atom stereocenters. The minimum absolute atomic E-state index is 0.115. The molecule has 7 heteroatoms. The first-order chi connectivity index (χ1) is 10.1. The zero-order chi connectivity index (χ0) is 14.8. The number of nitrogens with zero attached hydrogens (tertiary/aromatic N) is 3. The summed E-state index contributed by atoms with van der Waals surface area (Å²) in [5.41, 5.74) is 7.28. The number of halogens is 1. The van der Waals surface area contributed by atoms with Gasteiger partial charge in [-0.05, 0) is 30.7 Å². The van der Waals surface area contributed by atoms with Crippen molar-refractivity contribution in [2.24, 2.45) is 0 Å². The lowest BCUT2D eigenvalue weighted by atomic mass is 10.2. The summed E-state index contributed by atoms with van der Waals surface area (Å²) in [6, 6.07) is 9.16. The number of hydrogen-bond donors (Lipinski definition) is 2. The van der Waals surface area contributed by atoms with Crippen LogP contribution in [-0.2, 0) is 4.79 Å². The van der Waals surface area contributed by atoms with Crippen LogP contribution < -0.4 is 16.0 Å². The first-order valence-electron chi connectivity index (χ1n) is 6.59. The maximum atomic E-state index is 11.7. The Kier molecular flexibility index (Phi) is 3.62. The lowest BCUT2D eigenvalue weighted by Crippen LogP contribution is -2.23. The Morgan fingerprint density at radius 2 is 2.00 bits per heavy atom. The van der Waals surface area contributed by atoms with Crippen molar-refractivity contribution < 1.29 is 4.79 Å². The lowest BCUT2D eigenvalue weighted by molar-refractivity contribution is -0.117. The van der Waals surface area contributed by atoms with Crippen LogP contribution >= 0.6 is 11.6 Å². The molecule has 2 heterocycles. The number of carbonyl (C=O) groups excluding carboxylic acids is 1. The average Bonchev–Trinajstić information content (AvgIpc) is 2.85. The molecule has 0 unspecified atom stereocenters. The molecule has 1 aliphatic rings. The molecule has 1 aromatic carbocycles. The van der Waals surface area contributed by atoms with Crippen LogP contribution in [0.15, 0.2) is 30.3 Å². The maximum absolute atomic E-state index is 11.7. The highest BCUT2D eigenvalue weighted by molar-refractivity contribution is 6.29. The van der Waals surface area contributed by atoms with E-state index >= 15 is 0 Å². The minimum Gasteiger partial charge on any atom is -0.368 e. The van der Waals surface area contributed by atoms with Crippen molar-refractivity contribution in [3.63, 3.8) is 0 Å². The summed E-state index contributed by atoms with van der Waals surface area (Å²) in [4.78, 5) is 21.3. The van der Waals surface area contributed by atoms with E-state index in [1.165, 1.54) is 0 Å². The molecule has 0 aliphatic carbocycles. The Morgan fingerprint density at radius 3 is 2.62 bits per heavy atom. The monoisotopic (exact) mass is 303 g/mol. The fourth-order valence-corrected chi connectivity index (χ4v) is 2.48. The van der Waals surface area contributed by atoms with E-state index in [-0.39, 0.29) is 17.0 Å². The van der Waals surface area contributed by atoms with Crippen molar-refractivity contribution in [1.82, 2.24) is 9.97 Å². The van der Waals surface area contributed by atoms with Crippen LogP contribution in [0.5, 0.6) is 0 Å². The molecule has 1 aromatic heterocycles. The first-order valence-corrected chi connectivity index (χ1v) is 6.97. The van der Waals surface area contributed by atoms with E-state index in [9.17, 15) is 4.79 Å². The summed E-state index contributed by atoms with van der Waals surface area (Å²) in [5.74, 6) is 0.813. The van der Waals surface area contributed by atoms with Crippen LogP contribution in [0.1, 0.15) is 12.8 Å². The largest absolute Gasteiger partial charge is 0.368 e. The quantitative estimate of drug-likeness (QED) is 0.851. The second kappa shape index (κ2) is 5.57. The van der Waals surface area contributed by atoms with Gasteiger partial charge in [-0.2, -0.15) is 4.98 Å². The Labute approximate surface area is 126 Å². The van der Waals surface area contributed by atoms with Gasteiger partial charge in [-0.25, -0.2) is 4.98 Å². The second-order valence-electron chi connectivity index (χ2n) is 4.75. The van der Waals surface area contributed by atoms with E-state index in [1.54, 1.807) is 11.0 Å².